The van der Waals surface area contributed by atoms with Crippen molar-refractivity contribution >= 4 is 41.2 Å². The van der Waals surface area contributed by atoms with E-state index in [0.29, 0.717) is 30.5 Å². The molecule has 4 aromatic rings. The number of carboxylic acid groups (broad SMARTS) is 4. The number of hydrogen-bond acceptors (Lipinski definition) is 7. The van der Waals surface area contributed by atoms with Gasteiger partial charge in [-0.05, 0) is 95.6 Å². The SMILES string of the molecule is CCc1cc(Cc2ccc(C(=O)Nc3cc(C(=O)O)ccc3C(=O)O)c(CC)c2)ccc1NOCc1cc(C(=O)O)ccc1C(=O)O. The Hall–Kier alpha value is -6.01. The largest absolute Gasteiger partial charge is 0.478 e. The van der Waals surface area contributed by atoms with Gasteiger partial charge in [0.15, 0.2) is 0 Å². The molecule has 12 nitrogen and oxygen atoms in total. The quantitative estimate of drug-likeness (QED) is 0.0885. The molecule has 12 heteroatoms. The van der Waals surface area contributed by atoms with Crippen LogP contribution in [0, 0.1) is 0 Å². The number of nitrogens with one attached hydrogen (secondary N) is 2. The first-order valence-electron chi connectivity index (χ1n) is 14.5. The van der Waals surface area contributed by atoms with Crippen molar-refractivity contribution in [2.45, 2.75) is 39.7 Å². The fourth-order valence-corrected chi connectivity index (χ4v) is 5.06. The molecule has 6 N–H and O–H groups in total. The lowest BCUT2D eigenvalue weighted by molar-refractivity contribution is 0.0677. The minimum Gasteiger partial charge on any atom is -0.478 e. The zero-order chi connectivity index (χ0) is 34.2. The summed E-state index contributed by atoms with van der Waals surface area (Å²) < 4.78 is 0. The van der Waals surface area contributed by atoms with Crippen molar-refractivity contribution in [3.8, 4) is 0 Å². The van der Waals surface area contributed by atoms with Crippen molar-refractivity contribution in [2.24, 2.45) is 0 Å². The molecule has 0 aromatic heterocycles. The Morgan fingerprint density at radius 2 is 1.13 bits per heavy atom. The Morgan fingerprint density at radius 1 is 0.574 bits per heavy atom. The molecule has 0 bridgehead atoms. The highest BCUT2D eigenvalue weighted by atomic mass is 16.6. The number of benzene rings is 4. The summed E-state index contributed by atoms with van der Waals surface area (Å²) >= 11 is 0. The molecular formula is C35H32N2O10. The second-order valence-corrected chi connectivity index (χ2v) is 10.6. The van der Waals surface area contributed by atoms with Gasteiger partial charge < -0.3 is 25.7 Å². The van der Waals surface area contributed by atoms with Gasteiger partial charge in [0, 0.05) is 5.56 Å². The van der Waals surface area contributed by atoms with Crippen LogP contribution in [-0.4, -0.2) is 50.2 Å². The summed E-state index contributed by atoms with van der Waals surface area (Å²) in [5.74, 6) is -5.50. The fourth-order valence-electron chi connectivity index (χ4n) is 5.06. The zero-order valence-corrected chi connectivity index (χ0v) is 25.5. The van der Waals surface area contributed by atoms with Gasteiger partial charge in [0.2, 0.25) is 0 Å². The maximum absolute atomic E-state index is 13.2. The summed E-state index contributed by atoms with van der Waals surface area (Å²) in [7, 11) is 0. The van der Waals surface area contributed by atoms with Gasteiger partial charge in [0.25, 0.3) is 5.91 Å². The molecule has 0 fully saturated rings. The number of hydrogen-bond donors (Lipinski definition) is 6. The van der Waals surface area contributed by atoms with Crippen LogP contribution in [-0.2, 0) is 30.7 Å². The van der Waals surface area contributed by atoms with E-state index < -0.39 is 29.8 Å². The lowest BCUT2D eigenvalue weighted by Gasteiger charge is -2.15. The molecule has 4 aromatic carbocycles. The van der Waals surface area contributed by atoms with E-state index in [-0.39, 0.29) is 40.1 Å². The lowest BCUT2D eigenvalue weighted by atomic mass is 9.96. The first kappa shape index (κ1) is 33.9. The number of carboxylic acids is 4. The minimum atomic E-state index is -1.31. The van der Waals surface area contributed by atoms with Gasteiger partial charge in [-0.3, -0.25) is 15.1 Å². The van der Waals surface area contributed by atoms with Crippen LogP contribution in [0.25, 0.3) is 0 Å². The number of carbonyl (C=O) groups is 5. The maximum atomic E-state index is 13.2. The van der Waals surface area contributed by atoms with Crippen LogP contribution in [0.4, 0.5) is 11.4 Å². The summed E-state index contributed by atoms with van der Waals surface area (Å²) in [6.07, 6.45) is 1.70. The van der Waals surface area contributed by atoms with Crippen LogP contribution in [0.15, 0.2) is 72.8 Å². The molecule has 0 radical (unpaired) electrons. The third-order valence-electron chi connectivity index (χ3n) is 7.49. The molecule has 0 unspecified atom stereocenters. The highest BCUT2D eigenvalue weighted by Gasteiger charge is 2.19. The summed E-state index contributed by atoms with van der Waals surface area (Å²) in [5, 5.41) is 40.1. The summed E-state index contributed by atoms with van der Waals surface area (Å²) in [4.78, 5) is 64.7. The van der Waals surface area contributed by atoms with Crippen LogP contribution in [0.1, 0.15) is 93.5 Å². The first-order valence-corrected chi connectivity index (χ1v) is 14.5. The van der Waals surface area contributed by atoms with Gasteiger partial charge in [-0.2, -0.15) is 0 Å². The number of amides is 1. The molecule has 0 aliphatic carbocycles. The Labute approximate surface area is 269 Å². The van der Waals surface area contributed by atoms with E-state index in [1.165, 1.54) is 18.2 Å². The molecule has 47 heavy (non-hydrogen) atoms. The second-order valence-electron chi connectivity index (χ2n) is 10.6. The number of anilines is 2. The molecule has 0 atom stereocenters. The topological polar surface area (TPSA) is 200 Å². The fraction of sp³-hybridized carbons (Fsp3) is 0.171. The van der Waals surface area contributed by atoms with E-state index in [2.05, 4.69) is 10.8 Å². The Morgan fingerprint density at radius 3 is 1.72 bits per heavy atom. The highest BCUT2D eigenvalue weighted by Crippen LogP contribution is 2.24. The zero-order valence-electron chi connectivity index (χ0n) is 25.5. The third kappa shape index (κ3) is 8.18. The van der Waals surface area contributed by atoms with Gasteiger partial charge in [-0.25, -0.2) is 19.2 Å². The molecule has 0 heterocycles. The normalized spacial score (nSPS) is 10.7. The lowest BCUT2D eigenvalue weighted by Crippen LogP contribution is -2.17. The molecule has 0 saturated carbocycles. The monoisotopic (exact) mass is 640 g/mol. The molecule has 0 aliphatic rings. The standard InChI is InChI=1S/C35H32N2O10/c1-3-21-14-19(5-9-26(21)31(38)36-30-17-24(33(41)42)8-11-28(30)35(45)46)13-20-6-12-29(22(4-2)15-20)37-47-18-25-16-23(32(39)40)7-10-27(25)34(43)44/h5-12,14-17,37H,3-4,13,18H2,1-2H3,(H,36,38)(H,39,40)(H,41,42)(H,43,44)(H,45,46). The average molecular weight is 641 g/mol. The molecule has 1 amide bonds. The Bertz CT molecular complexity index is 1880. The predicted octanol–water partition coefficient (Wildman–Crippen LogP) is 5.99. The van der Waals surface area contributed by atoms with E-state index in [9.17, 15) is 44.4 Å². The first-order chi connectivity index (χ1) is 22.4. The van der Waals surface area contributed by atoms with E-state index in [1.807, 2.05) is 38.1 Å². The predicted molar refractivity (Wildman–Crippen MR) is 172 cm³/mol. The maximum Gasteiger partial charge on any atom is 0.337 e. The Balaban J connectivity index is 1.48. The van der Waals surface area contributed by atoms with Crippen molar-refractivity contribution in [3.05, 3.63) is 128 Å². The van der Waals surface area contributed by atoms with Gasteiger partial charge in [0.05, 0.1) is 33.6 Å². The minimum absolute atomic E-state index is 0.0510. The summed E-state index contributed by atoms with van der Waals surface area (Å²) in [6, 6.07) is 18.2. The van der Waals surface area contributed by atoms with E-state index in [4.69, 9.17) is 4.84 Å². The van der Waals surface area contributed by atoms with E-state index in [0.717, 1.165) is 40.5 Å². The van der Waals surface area contributed by atoms with Crippen LogP contribution in [0.5, 0.6) is 0 Å². The molecule has 242 valence electrons. The van der Waals surface area contributed by atoms with Crippen molar-refractivity contribution in [1.82, 2.24) is 0 Å². The van der Waals surface area contributed by atoms with Crippen molar-refractivity contribution in [2.75, 3.05) is 10.8 Å². The van der Waals surface area contributed by atoms with Crippen LogP contribution in [0.3, 0.4) is 0 Å². The van der Waals surface area contributed by atoms with Gasteiger partial charge in [-0.1, -0.05) is 38.1 Å². The molecule has 4 rings (SSSR count). The van der Waals surface area contributed by atoms with Crippen LogP contribution >= 0.6 is 0 Å². The van der Waals surface area contributed by atoms with E-state index >= 15 is 0 Å². The number of aromatic carboxylic acids is 4. The van der Waals surface area contributed by atoms with Crippen LogP contribution in [0.2, 0.25) is 0 Å². The number of carbonyl (C=O) groups excluding carboxylic acids is 1. The molecular weight excluding hydrogens is 608 g/mol. The van der Waals surface area contributed by atoms with Gasteiger partial charge >= 0.3 is 23.9 Å². The smallest absolute Gasteiger partial charge is 0.337 e. The summed E-state index contributed by atoms with van der Waals surface area (Å²) in [6.45, 7) is 3.67. The average Bonchev–Trinajstić information content (AvgIpc) is 3.04. The molecule has 0 saturated heterocycles. The third-order valence-corrected chi connectivity index (χ3v) is 7.49. The number of aryl methyl sites for hydroxylation is 2. The molecule has 0 aliphatic heterocycles. The van der Waals surface area contributed by atoms with E-state index in [1.54, 1.807) is 12.1 Å². The number of rotatable bonds is 14. The van der Waals surface area contributed by atoms with Crippen molar-refractivity contribution in [1.29, 1.82) is 0 Å². The van der Waals surface area contributed by atoms with Gasteiger partial charge in [0.1, 0.15) is 6.61 Å². The van der Waals surface area contributed by atoms with Crippen molar-refractivity contribution < 1.29 is 49.2 Å². The van der Waals surface area contributed by atoms with Crippen molar-refractivity contribution in [3.63, 3.8) is 0 Å². The summed E-state index contributed by atoms with van der Waals surface area (Å²) in [5.41, 5.74) is 6.98. The van der Waals surface area contributed by atoms with Crippen LogP contribution < -0.4 is 10.8 Å². The molecule has 0 spiro atoms. The second kappa shape index (κ2) is 14.8. The van der Waals surface area contributed by atoms with Gasteiger partial charge in [-0.15, -0.1) is 0 Å². The Kier molecular flexibility index (Phi) is 10.7. The highest BCUT2D eigenvalue weighted by molar-refractivity contribution is 6.09.